The van der Waals surface area contributed by atoms with Crippen molar-refractivity contribution in [1.82, 2.24) is 10.3 Å². The zero-order valence-electron chi connectivity index (χ0n) is 13.4. The van der Waals surface area contributed by atoms with E-state index in [1.54, 1.807) is 12.3 Å². The number of para-hydroxylation sites is 1. The van der Waals surface area contributed by atoms with Crippen LogP contribution in [0.25, 0.3) is 10.9 Å². The van der Waals surface area contributed by atoms with Crippen LogP contribution in [0, 0.1) is 5.92 Å². The van der Waals surface area contributed by atoms with E-state index < -0.39 is 6.04 Å². The fraction of sp³-hybridized carbons (Fsp3) is 0.353. The molecule has 23 heavy (non-hydrogen) atoms. The van der Waals surface area contributed by atoms with Gasteiger partial charge in [0.1, 0.15) is 0 Å². The molecule has 0 saturated heterocycles. The first kappa shape index (κ1) is 16.9. The topological polar surface area (TPSA) is 97.1 Å². The second-order valence-electron chi connectivity index (χ2n) is 5.56. The Balaban J connectivity index is 1.96. The molecule has 1 aromatic heterocycles. The zero-order valence-corrected chi connectivity index (χ0v) is 13.4. The molecule has 6 nitrogen and oxygen atoms in total. The highest BCUT2D eigenvalue weighted by molar-refractivity contribution is 6.01. The number of nitrogens with one attached hydrogen (secondary N) is 2. The van der Waals surface area contributed by atoms with Crippen LogP contribution in [0.5, 0.6) is 0 Å². The standard InChI is InChI=1S/C17H22N4O2/c1-3-11(2)15(18)17(23)20-10-14(22)21-13-8-4-6-12-7-5-9-19-16(12)13/h4-9,11,15H,3,10,18H2,1-2H3,(H,20,23)(H,21,22). The van der Waals surface area contributed by atoms with E-state index in [0.29, 0.717) is 11.2 Å². The minimum atomic E-state index is -0.605. The van der Waals surface area contributed by atoms with Gasteiger partial charge in [-0.1, -0.05) is 38.5 Å². The number of fused-ring (bicyclic) bond motifs is 1. The van der Waals surface area contributed by atoms with E-state index in [1.165, 1.54) is 0 Å². The van der Waals surface area contributed by atoms with Gasteiger partial charge in [0, 0.05) is 11.6 Å². The molecule has 0 saturated carbocycles. The van der Waals surface area contributed by atoms with Crippen LogP contribution in [0.3, 0.4) is 0 Å². The number of carbonyl (C=O) groups is 2. The Morgan fingerprint density at radius 3 is 2.74 bits per heavy atom. The minimum absolute atomic E-state index is 0.0697. The molecule has 2 rings (SSSR count). The van der Waals surface area contributed by atoms with Crippen LogP contribution in [0.4, 0.5) is 5.69 Å². The van der Waals surface area contributed by atoms with E-state index >= 15 is 0 Å². The molecule has 0 spiro atoms. The highest BCUT2D eigenvalue weighted by Gasteiger charge is 2.19. The van der Waals surface area contributed by atoms with Gasteiger partial charge in [-0.25, -0.2) is 0 Å². The van der Waals surface area contributed by atoms with Crippen molar-refractivity contribution < 1.29 is 9.59 Å². The highest BCUT2D eigenvalue weighted by atomic mass is 16.2. The molecule has 0 radical (unpaired) electrons. The Labute approximate surface area is 135 Å². The van der Waals surface area contributed by atoms with E-state index in [9.17, 15) is 9.59 Å². The summed E-state index contributed by atoms with van der Waals surface area (Å²) in [5.74, 6) is -0.557. The average Bonchev–Trinajstić information content (AvgIpc) is 2.58. The van der Waals surface area contributed by atoms with Crippen molar-refractivity contribution in [1.29, 1.82) is 0 Å². The van der Waals surface area contributed by atoms with E-state index in [1.807, 2.05) is 38.1 Å². The molecule has 0 aliphatic carbocycles. The van der Waals surface area contributed by atoms with Gasteiger partial charge < -0.3 is 16.4 Å². The first-order valence-corrected chi connectivity index (χ1v) is 7.69. The van der Waals surface area contributed by atoms with Crippen molar-refractivity contribution in [3.05, 3.63) is 36.5 Å². The second kappa shape index (κ2) is 7.69. The molecule has 0 aliphatic rings. The molecular weight excluding hydrogens is 292 g/mol. The van der Waals surface area contributed by atoms with E-state index in [2.05, 4.69) is 15.6 Å². The number of benzene rings is 1. The summed E-state index contributed by atoms with van der Waals surface area (Å²) < 4.78 is 0. The number of anilines is 1. The van der Waals surface area contributed by atoms with Crippen molar-refractivity contribution in [2.24, 2.45) is 11.7 Å². The number of hydrogen-bond acceptors (Lipinski definition) is 4. The maximum Gasteiger partial charge on any atom is 0.243 e. The summed E-state index contributed by atoms with van der Waals surface area (Å²) in [6, 6.07) is 8.70. The van der Waals surface area contributed by atoms with Gasteiger partial charge in [-0.2, -0.15) is 0 Å². The lowest BCUT2D eigenvalue weighted by Crippen LogP contribution is -2.46. The fourth-order valence-electron chi connectivity index (χ4n) is 2.20. The maximum absolute atomic E-state index is 12.0. The lowest BCUT2D eigenvalue weighted by atomic mass is 9.99. The van der Waals surface area contributed by atoms with Gasteiger partial charge in [-0.3, -0.25) is 14.6 Å². The van der Waals surface area contributed by atoms with Gasteiger partial charge in [-0.15, -0.1) is 0 Å². The summed E-state index contributed by atoms with van der Waals surface area (Å²) in [4.78, 5) is 28.2. The Morgan fingerprint density at radius 2 is 2.00 bits per heavy atom. The molecule has 1 heterocycles. The van der Waals surface area contributed by atoms with E-state index in [-0.39, 0.29) is 24.3 Å². The lowest BCUT2D eigenvalue weighted by molar-refractivity contribution is -0.125. The number of nitrogens with zero attached hydrogens (tertiary/aromatic N) is 1. The van der Waals surface area contributed by atoms with Gasteiger partial charge in [0.25, 0.3) is 0 Å². The molecule has 2 amide bonds. The molecule has 0 aliphatic heterocycles. The van der Waals surface area contributed by atoms with Gasteiger partial charge >= 0.3 is 0 Å². The predicted molar refractivity (Wildman–Crippen MR) is 90.8 cm³/mol. The van der Waals surface area contributed by atoms with Crippen LogP contribution >= 0.6 is 0 Å². The molecule has 122 valence electrons. The van der Waals surface area contributed by atoms with Gasteiger partial charge in [0.15, 0.2) is 0 Å². The number of hydrogen-bond donors (Lipinski definition) is 3. The number of amides is 2. The smallest absolute Gasteiger partial charge is 0.243 e. The Bertz CT molecular complexity index is 697. The fourth-order valence-corrected chi connectivity index (χ4v) is 2.20. The van der Waals surface area contributed by atoms with Gasteiger partial charge in [-0.05, 0) is 18.1 Å². The Kier molecular flexibility index (Phi) is 5.65. The van der Waals surface area contributed by atoms with Crippen LogP contribution < -0.4 is 16.4 Å². The molecule has 0 bridgehead atoms. The Hall–Kier alpha value is -2.47. The molecule has 4 N–H and O–H groups in total. The number of carbonyl (C=O) groups excluding carboxylic acids is 2. The zero-order chi connectivity index (χ0) is 16.8. The first-order valence-electron chi connectivity index (χ1n) is 7.69. The maximum atomic E-state index is 12.0. The predicted octanol–water partition coefficient (Wildman–Crippen LogP) is 1.66. The monoisotopic (exact) mass is 314 g/mol. The average molecular weight is 314 g/mol. The molecule has 2 aromatic rings. The Morgan fingerprint density at radius 1 is 1.26 bits per heavy atom. The number of pyridine rings is 1. The second-order valence-corrected chi connectivity index (χ2v) is 5.56. The van der Waals surface area contributed by atoms with Crippen LogP contribution in [0.15, 0.2) is 36.5 Å². The van der Waals surface area contributed by atoms with Crippen LogP contribution in [-0.2, 0) is 9.59 Å². The number of rotatable bonds is 6. The largest absolute Gasteiger partial charge is 0.346 e. The van der Waals surface area contributed by atoms with Crippen LogP contribution in [-0.4, -0.2) is 29.4 Å². The summed E-state index contributed by atoms with van der Waals surface area (Å²) in [5, 5.41) is 6.27. The van der Waals surface area contributed by atoms with E-state index in [0.717, 1.165) is 11.8 Å². The van der Waals surface area contributed by atoms with Crippen LogP contribution in [0.2, 0.25) is 0 Å². The van der Waals surface area contributed by atoms with Crippen LogP contribution in [0.1, 0.15) is 20.3 Å². The summed E-state index contributed by atoms with van der Waals surface area (Å²) in [6.07, 6.45) is 2.48. The molecule has 0 fully saturated rings. The molecule has 1 aromatic carbocycles. The molecular formula is C17H22N4O2. The quantitative estimate of drug-likeness (QED) is 0.755. The van der Waals surface area contributed by atoms with Gasteiger partial charge in [0.2, 0.25) is 11.8 Å². The number of nitrogens with two attached hydrogens (primary N) is 1. The highest BCUT2D eigenvalue weighted by Crippen LogP contribution is 2.20. The van der Waals surface area contributed by atoms with Gasteiger partial charge in [0.05, 0.1) is 23.8 Å². The first-order chi connectivity index (χ1) is 11.0. The SMILES string of the molecule is CCC(C)C(N)C(=O)NCC(=O)Nc1cccc2cccnc12. The van der Waals surface area contributed by atoms with Crippen molar-refractivity contribution in [3.63, 3.8) is 0 Å². The summed E-state index contributed by atoms with van der Waals surface area (Å²) in [6.45, 7) is 3.76. The third kappa shape index (κ3) is 4.26. The number of aromatic nitrogens is 1. The summed E-state index contributed by atoms with van der Waals surface area (Å²) in [7, 11) is 0. The molecule has 2 unspecified atom stereocenters. The van der Waals surface area contributed by atoms with Crippen molar-refractivity contribution in [2.75, 3.05) is 11.9 Å². The normalized spacial score (nSPS) is 13.3. The summed E-state index contributed by atoms with van der Waals surface area (Å²) >= 11 is 0. The molecule has 2 atom stereocenters. The molecule has 6 heteroatoms. The van der Waals surface area contributed by atoms with Crippen molar-refractivity contribution >= 4 is 28.4 Å². The summed E-state index contributed by atoms with van der Waals surface area (Å²) in [5.41, 5.74) is 7.16. The lowest BCUT2D eigenvalue weighted by Gasteiger charge is -2.17. The van der Waals surface area contributed by atoms with E-state index in [4.69, 9.17) is 5.73 Å². The minimum Gasteiger partial charge on any atom is -0.346 e. The van der Waals surface area contributed by atoms with Crippen molar-refractivity contribution in [2.45, 2.75) is 26.3 Å². The third-order valence-corrected chi connectivity index (χ3v) is 3.89. The van der Waals surface area contributed by atoms with Crippen molar-refractivity contribution in [3.8, 4) is 0 Å². The third-order valence-electron chi connectivity index (χ3n) is 3.89.